The van der Waals surface area contributed by atoms with Crippen LogP contribution in [0.5, 0.6) is 0 Å². The summed E-state index contributed by atoms with van der Waals surface area (Å²) in [5.74, 6) is -0.0752. The Morgan fingerprint density at radius 2 is 2.40 bits per heavy atom. The van der Waals surface area contributed by atoms with Gasteiger partial charge >= 0.3 is 5.97 Å². The molecule has 3 heteroatoms. The van der Waals surface area contributed by atoms with Crippen molar-refractivity contribution in [2.75, 3.05) is 0 Å². The van der Waals surface area contributed by atoms with Crippen LogP contribution in [0.4, 0.5) is 0 Å². The molecule has 1 aliphatic rings. The van der Waals surface area contributed by atoms with Crippen molar-refractivity contribution in [3.05, 3.63) is 0 Å². The summed E-state index contributed by atoms with van der Waals surface area (Å²) in [6, 6.07) is 0. The van der Waals surface area contributed by atoms with E-state index in [0.29, 0.717) is 6.42 Å². The second-order valence-corrected chi connectivity index (χ2v) is 4.28. The van der Waals surface area contributed by atoms with Crippen LogP contribution in [-0.2, 0) is 9.53 Å². The number of hydrogen-bond acceptors (Lipinski definition) is 2. The Balaban J connectivity index is 2.63. The first-order valence-electron chi connectivity index (χ1n) is 3.40. The van der Waals surface area contributed by atoms with Crippen LogP contribution in [-0.4, -0.2) is 16.4 Å². The predicted molar refractivity (Wildman–Crippen MR) is 42.1 cm³/mol. The number of carbonyl (C=O) groups is 1. The minimum absolute atomic E-state index is 0.0752. The van der Waals surface area contributed by atoms with Gasteiger partial charge in [-0.1, -0.05) is 15.9 Å². The summed E-state index contributed by atoms with van der Waals surface area (Å²) in [6.45, 7) is 3.95. The zero-order valence-corrected chi connectivity index (χ0v) is 7.77. The van der Waals surface area contributed by atoms with Gasteiger partial charge in [0, 0.05) is 6.42 Å². The molecule has 1 aliphatic heterocycles. The highest BCUT2D eigenvalue weighted by Crippen LogP contribution is 2.32. The second-order valence-electron chi connectivity index (χ2n) is 2.90. The highest BCUT2D eigenvalue weighted by molar-refractivity contribution is 9.09. The third-order valence-electron chi connectivity index (χ3n) is 2.01. The topological polar surface area (TPSA) is 26.3 Å². The molecule has 1 rings (SSSR count). The number of esters is 1. The van der Waals surface area contributed by atoms with Gasteiger partial charge in [-0.05, 0) is 20.3 Å². The molecule has 0 radical (unpaired) electrons. The van der Waals surface area contributed by atoms with Gasteiger partial charge in [-0.2, -0.15) is 0 Å². The van der Waals surface area contributed by atoms with Crippen LogP contribution in [0, 0.1) is 0 Å². The van der Waals surface area contributed by atoms with E-state index in [1.807, 2.05) is 13.8 Å². The second kappa shape index (κ2) is 2.53. The molecule has 0 aromatic carbocycles. The van der Waals surface area contributed by atoms with Crippen molar-refractivity contribution >= 4 is 21.9 Å². The lowest BCUT2D eigenvalue weighted by atomic mass is 10.00. The van der Waals surface area contributed by atoms with Crippen molar-refractivity contribution in [3.63, 3.8) is 0 Å². The Labute approximate surface area is 69.1 Å². The molecule has 0 aromatic rings. The Hall–Kier alpha value is -0.0500. The first-order valence-corrected chi connectivity index (χ1v) is 4.32. The van der Waals surface area contributed by atoms with Crippen LogP contribution in [0.25, 0.3) is 0 Å². The summed E-state index contributed by atoms with van der Waals surface area (Å²) >= 11 is 3.41. The molecule has 2 atom stereocenters. The van der Waals surface area contributed by atoms with E-state index in [0.717, 1.165) is 6.42 Å². The Bertz CT molecular complexity index is 156. The third kappa shape index (κ3) is 1.34. The molecular weight excluding hydrogens is 196 g/mol. The van der Waals surface area contributed by atoms with E-state index < -0.39 is 0 Å². The summed E-state index contributed by atoms with van der Waals surface area (Å²) in [7, 11) is 0. The maximum absolute atomic E-state index is 10.7. The van der Waals surface area contributed by atoms with E-state index in [1.165, 1.54) is 0 Å². The first-order chi connectivity index (χ1) is 4.54. The summed E-state index contributed by atoms with van der Waals surface area (Å²) in [5, 5.41) is 0. The van der Waals surface area contributed by atoms with Crippen LogP contribution in [0.2, 0.25) is 0 Å². The molecule has 58 valence electrons. The number of alkyl halides is 1. The van der Waals surface area contributed by atoms with E-state index in [9.17, 15) is 4.79 Å². The predicted octanol–water partition coefficient (Wildman–Crippen LogP) is 1.87. The SMILES string of the molecule is C[C@H](Br)[C@@]1(C)CCC(=O)O1. The molecule has 1 heterocycles. The van der Waals surface area contributed by atoms with Gasteiger partial charge in [-0.15, -0.1) is 0 Å². The van der Waals surface area contributed by atoms with Crippen molar-refractivity contribution in [1.82, 2.24) is 0 Å². The third-order valence-corrected chi connectivity index (χ3v) is 2.98. The molecule has 0 amide bonds. The molecule has 0 aromatic heterocycles. The van der Waals surface area contributed by atoms with Gasteiger partial charge in [0.15, 0.2) is 0 Å². The van der Waals surface area contributed by atoms with Gasteiger partial charge in [0.05, 0.1) is 4.83 Å². The van der Waals surface area contributed by atoms with Crippen LogP contribution < -0.4 is 0 Å². The summed E-state index contributed by atoms with van der Waals surface area (Å²) in [4.78, 5) is 11.0. The molecule has 10 heavy (non-hydrogen) atoms. The Morgan fingerprint density at radius 3 is 2.60 bits per heavy atom. The molecule has 0 bridgehead atoms. The van der Waals surface area contributed by atoms with Crippen molar-refractivity contribution < 1.29 is 9.53 Å². The Morgan fingerprint density at radius 1 is 1.80 bits per heavy atom. The smallest absolute Gasteiger partial charge is 0.306 e. The zero-order valence-electron chi connectivity index (χ0n) is 6.19. The number of ether oxygens (including phenoxy) is 1. The maximum Gasteiger partial charge on any atom is 0.306 e. The van der Waals surface area contributed by atoms with Gasteiger partial charge < -0.3 is 4.74 Å². The van der Waals surface area contributed by atoms with Gasteiger partial charge in [-0.25, -0.2) is 0 Å². The van der Waals surface area contributed by atoms with E-state index in [-0.39, 0.29) is 16.4 Å². The number of hydrogen-bond donors (Lipinski definition) is 0. The molecule has 0 aliphatic carbocycles. The molecule has 0 saturated carbocycles. The van der Waals surface area contributed by atoms with E-state index in [2.05, 4.69) is 15.9 Å². The fourth-order valence-electron chi connectivity index (χ4n) is 0.992. The highest BCUT2D eigenvalue weighted by atomic mass is 79.9. The van der Waals surface area contributed by atoms with E-state index in [4.69, 9.17) is 4.74 Å². The van der Waals surface area contributed by atoms with Crippen molar-refractivity contribution in [1.29, 1.82) is 0 Å². The summed E-state index contributed by atoms with van der Waals surface area (Å²) < 4.78 is 5.12. The minimum Gasteiger partial charge on any atom is -0.458 e. The molecule has 2 nitrogen and oxygen atoms in total. The molecule has 1 fully saturated rings. The van der Waals surface area contributed by atoms with Crippen molar-refractivity contribution in [3.8, 4) is 0 Å². The quantitative estimate of drug-likeness (QED) is 0.484. The first kappa shape index (κ1) is 8.05. The normalized spacial score (nSPS) is 35.7. The zero-order chi connectivity index (χ0) is 7.78. The monoisotopic (exact) mass is 206 g/mol. The molecule has 0 unspecified atom stereocenters. The van der Waals surface area contributed by atoms with Crippen LogP contribution in [0.15, 0.2) is 0 Å². The van der Waals surface area contributed by atoms with E-state index >= 15 is 0 Å². The number of halogens is 1. The lowest BCUT2D eigenvalue weighted by Crippen LogP contribution is -2.32. The Kier molecular flexibility index (Phi) is 2.04. The maximum atomic E-state index is 10.7. The largest absolute Gasteiger partial charge is 0.458 e. The van der Waals surface area contributed by atoms with Crippen LogP contribution in [0.3, 0.4) is 0 Å². The minimum atomic E-state index is -0.267. The van der Waals surface area contributed by atoms with Crippen molar-refractivity contribution in [2.45, 2.75) is 37.1 Å². The standard InChI is InChI=1S/C7H11BrO2/c1-5(8)7(2)4-3-6(9)10-7/h5H,3-4H2,1-2H3/t5-,7+/m0/s1. The van der Waals surface area contributed by atoms with Crippen LogP contribution in [0.1, 0.15) is 26.7 Å². The lowest BCUT2D eigenvalue weighted by Gasteiger charge is -2.25. The van der Waals surface area contributed by atoms with E-state index in [1.54, 1.807) is 0 Å². The summed E-state index contributed by atoms with van der Waals surface area (Å²) in [6.07, 6.45) is 1.39. The molecule has 0 spiro atoms. The summed E-state index contributed by atoms with van der Waals surface area (Å²) in [5.41, 5.74) is -0.267. The fraction of sp³-hybridized carbons (Fsp3) is 0.857. The molecule has 0 N–H and O–H groups in total. The van der Waals surface area contributed by atoms with Crippen LogP contribution >= 0.6 is 15.9 Å². The molecular formula is C7H11BrO2. The van der Waals surface area contributed by atoms with Crippen molar-refractivity contribution in [2.24, 2.45) is 0 Å². The van der Waals surface area contributed by atoms with Gasteiger partial charge in [-0.3, -0.25) is 4.79 Å². The average Bonchev–Trinajstić information content (AvgIpc) is 2.13. The number of cyclic esters (lactones) is 1. The van der Waals surface area contributed by atoms with Gasteiger partial charge in [0.2, 0.25) is 0 Å². The number of rotatable bonds is 1. The lowest BCUT2D eigenvalue weighted by molar-refractivity contribution is -0.146. The average molecular weight is 207 g/mol. The number of carbonyl (C=O) groups excluding carboxylic acids is 1. The molecule has 1 saturated heterocycles. The fourth-order valence-corrected chi connectivity index (χ4v) is 1.31. The van der Waals surface area contributed by atoms with Gasteiger partial charge in [0.25, 0.3) is 0 Å². The highest BCUT2D eigenvalue weighted by Gasteiger charge is 2.39. The van der Waals surface area contributed by atoms with Gasteiger partial charge in [0.1, 0.15) is 5.60 Å².